The van der Waals surface area contributed by atoms with E-state index in [4.69, 9.17) is 5.73 Å². The minimum atomic E-state index is -0.570. The monoisotopic (exact) mass is 437 g/mol. The molecular formula is C10H19I2N2O-. The molecule has 0 spiro atoms. The summed E-state index contributed by atoms with van der Waals surface area (Å²) in [4.78, 5) is 6.39. The van der Waals surface area contributed by atoms with E-state index in [2.05, 4.69) is 46.4 Å². The zero-order valence-corrected chi connectivity index (χ0v) is 13.7. The van der Waals surface area contributed by atoms with E-state index >= 15 is 0 Å². The van der Waals surface area contributed by atoms with Crippen molar-refractivity contribution in [2.24, 2.45) is 22.6 Å². The first-order valence-corrected chi connectivity index (χ1v) is 9.43. The van der Waals surface area contributed by atoms with Crippen LogP contribution in [0.4, 0.5) is 0 Å². The van der Waals surface area contributed by atoms with E-state index in [0.29, 0.717) is 7.26 Å². The molecule has 0 aromatic rings. The van der Waals surface area contributed by atoms with E-state index in [0.717, 1.165) is 12.8 Å². The van der Waals surface area contributed by atoms with Crippen LogP contribution in [-0.4, -0.2) is 23.5 Å². The Morgan fingerprint density at radius 1 is 1.67 bits per heavy atom. The normalized spacial score (nSPS) is 35.3. The van der Waals surface area contributed by atoms with Crippen molar-refractivity contribution < 1.29 is 26.3 Å². The zero-order valence-electron chi connectivity index (χ0n) is 9.37. The number of halogens is 2. The van der Waals surface area contributed by atoms with Gasteiger partial charge in [0.25, 0.3) is 0 Å². The molecule has 0 bridgehead atoms. The number of nitrogens with zero attached hydrogens (tertiary/aromatic N) is 1. The number of alkyl halides is 3. The average molecular weight is 437 g/mol. The van der Waals surface area contributed by atoms with Crippen LogP contribution in [0.25, 0.3) is 0 Å². The molecule has 0 aromatic carbocycles. The summed E-state index contributed by atoms with van der Waals surface area (Å²) in [5.74, 6) is 1.16. The van der Waals surface area contributed by atoms with Crippen LogP contribution in [0.2, 0.25) is 0 Å². The van der Waals surface area contributed by atoms with Gasteiger partial charge in [0, 0.05) is 0 Å². The van der Waals surface area contributed by atoms with Crippen molar-refractivity contribution in [3.8, 4) is 0 Å². The Morgan fingerprint density at radius 2 is 2.27 bits per heavy atom. The molecule has 1 heterocycles. The van der Waals surface area contributed by atoms with Gasteiger partial charge in [-0.05, 0) is 0 Å². The Hall–Kier alpha value is 0.890. The molecule has 0 saturated carbocycles. The summed E-state index contributed by atoms with van der Waals surface area (Å²) in [6.45, 7) is 4.39. The summed E-state index contributed by atoms with van der Waals surface area (Å²) in [5, 5.41) is 9.86. The van der Waals surface area contributed by atoms with Gasteiger partial charge in [-0.1, -0.05) is 0 Å². The molecule has 1 aliphatic heterocycles. The van der Waals surface area contributed by atoms with Crippen LogP contribution in [-0.2, 0) is 0 Å². The molecule has 15 heavy (non-hydrogen) atoms. The van der Waals surface area contributed by atoms with Crippen molar-refractivity contribution in [2.75, 3.05) is 4.93 Å². The molecule has 2 unspecified atom stereocenters. The van der Waals surface area contributed by atoms with Gasteiger partial charge >= 0.3 is 117 Å². The first-order chi connectivity index (χ1) is 6.91. The van der Waals surface area contributed by atoms with E-state index in [1.54, 1.807) is 0 Å². The molecule has 5 heteroatoms. The molecule has 0 aliphatic carbocycles. The summed E-state index contributed by atoms with van der Waals surface area (Å²) >= 11 is 2.69. The molecule has 0 aromatic heterocycles. The van der Waals surface area contributed by atoms with Crippen LogP contribution in [0.3, 0.4) is 0 Å². The predicted molar refractivity (Wildman–Crippen MR) is 67.9 cm³/mol. The van der Waals surface area contributed by atoms with Crippen LogP contribution in [0.1, 0.15) is 26.7 Å². The van der Waals surface area contributed by atoms with Crippen LogP contribution >= 0.6 is 22.6 Å². The molecule has 0 radical (unpaired) electrons. The fraction of sp³-hybridized carbons (Fsp3) is 0.900. The van der Waals surface area contributed by atoms with Crippen molar-refractivity contribution in [2.45, 2.75) is 34.3 Å². The number of amidine groups is 1. The number of aliphatic hydroxyl groups is 1. The van der Waals surface area contributed by atoms with Crippen molar-refractivity contribution in [1.29, 1.82) is 0 Å². The van der Waals surface area contributed by atoms with Gasteiger partial charge in [-0.2, -0.15) is 0 Å². The third kappa shape index (κ3) is 3.42. The molecule has 1 aliphatic rings. The average Bonchev–Trinajstić information content (AvgIpc) is 2.41. The summed E-state index contributed by atoms with van der Waals surface area (Å²) in [6, 6.07) is 0. The molecule has 4 atom stereocenters. The van der Waals surface area contributed by atoms with Gasteiger partial charge < -0.3 is 0 Å². The number of aliphatic hydroxyl groups excluding tert-OH is 1. The SMILES string of the molecule is CCC1C(N)=N[C@H](O)C1C[C@@](C)(I)[I-]C. The van der Waals surface area contributed by atoms with Gasteiger partial charge in [-0.25, -0.2) is 0 Å². The Morgan fingerprint density at radius 3 is 2.73 bits per heavy atom. The second-order valence-corrected chi connectivity index (χ2v) is 12.0. The summed E-state index contributed by atoms with van der Waals surface area (Å²) in [7, 11) is 0. The van der Waals surface area contributed by atoms with Gasteiger partial charge in [0.1, 0.15) is 0 Å². The van der Waals surface area contributed by atoms with Gasteiger partial charge in [-0.3, -0.25) is 0 Å². The van der Waals surface area contributed by atoms with Crippen LogP contribution < -0.4 is 26.9 Å². The first kappa shape index (κ1) is 14.0. The predicted octanol–water partition coefficient (Wildman–Crippen LogP) is -1.42. The van der Waals surface area contributed by atoms with Crippen LogP contribution in [0, 0.1) is 11.8 Å². The van der Waals surface area contributed by atoms with Crippen molar-refractivity contribution in [3.05, 3.63) is 0 Å². The topological polar surface area (TPSA) is 58.6 Å². The maximum atomic E-state index is 9.86. The van der Waals surface area contributed by atoms with Gasteiger partial charge in [0.05, 0.1) is 0 Å². The molecule has 0 saturated heterocycles. The van der Waals surface area contributed by atoms with E-state index in [9.17, 15) is 5.11 Å². The van der Waals surface area contributed by atoms with Gasteiger partial charge in [0.2, 0.25) is 0 Å². The fourth-order valence-corrected chi connectivity index (χ4v) is 3.48. The van der Waals surface area contributed by atoms with Crippen molar-refractivity contribution >= 4 is 28.4 Å². The van der Waals surface area contributed by atoms with Crippen LogP contribution in [0.15, 0.2) is 4.99 Å². The Kier molecular flexibility index (Phi) is 5.10. The maximum absolute atomic E-state index is 9.86. The third-order valence-corrected chi connectivity index (χ3v) is 8.85. The Labute approximate surface area is 116 Å². The van der Waals surface area contributed by atoms with E-state index in [-0.39, 0.29) is 33.0 Å². The fourth-order valence-electron chi connectivity index (χ4n) is 2.02. The molecule has 90 valence electrons. The van der Waals surface area contributed by atoms with Crippen LogP contribution in [0.5, 0.6) is 0 Å². The standard InChI is InChI=1S/C10H19I2N2O/c1-4-6-7(5-10(2,11)12-3)9(15)14-8(6)13/h6-7,9,15H,4-5H2,1-3H3,(H2,13,14)/q-1/t6?,7?,9-,10+/m1/s1. The summed E-state index contributed by atoms with van der Waals surface area (Å²) in [6.07, 6.45) is 1.44. The number of nitrogens with two attached hydrogens (primary N) is 1. The molecule has 3 N–H and O–H groups in total. The number of hydrogen-bond acceptors (Lipinski definition) is 3. The van der Waals surface area contributed by atoms with E-state index in [1.165, 1.54) is 0 Å². The van der Waals surface area contributed by atoms with E-state index in [1.807, 2.05) is 0 Å². The molecule has 0 amide bonds. The third-order valence-electron chi connectivity index (χ3n) is 2.99. The summed E-state index contributed by atoms with van der Waals surface area (Å²) in [5.41, 5.74) is 5.83. The minimum absolute atomic E-state index is 0.168. The van der Waals surface area contributed by atoms with Gasteiger partial charge in [-0.15, -0.1) is 0 Å². The molecule has 1 rings (SSSR count). The van der Waals surface area contributed by atoms with Gasteiger partial charge in [0.15, 0.2) is 0 Å². The zero-order chi connectivity index (χ0) is 11.6. The molecular weight excluding hydrogens is 418 g/mol. The number of hydrogen-bond donors (Lipinski definition) is 2. The second-order valence-electron chi connectivity index (χ2n) is 4.11. The summed E-state index contributed by atoms with van der Waals surface area (Å²) < 4.78 is 0.343. The number of aliphatic imine (C=N–C) groups is 1. The first-order valence-electron chi connectivity index (χ1n) is 5.12. The van der Waals surface area contributed by atoms with E-state index < -0.39 is 6.23 Å². The quantitative estimate of drug-likeness (QED) is 0.419. The molecule has 3 nitrogen and oxygen atoms in total. The van der Waals surface area contributed by atoms with Crippen molar-refractivity contribution in [3.63, 3.8) is 0 Å². The number of rotatable bonds is 4. The second kappa shape index (κ2) is 5.48. The molecule has 0 fully saturated rings. The Balaban J connectivity index is 2.70. The van der Waals surface area contributed by atoms with Crippen molar-refractivity contribution in [1.82, 2.24) is 0 Å². The Bertz CT molecular complexity index is 256.